The van der Waals surface area contributed by atoms with Crippen molar-refractivity contribution in [2.75, 3.05) is 29.2 Å². The van der Waals surface area contributed by atoms with E-state index in [4.69, 9.17) is 11.6 Å². The third kappa shape index (κ3) is 3.88. The van der Waals surface area contributed by atoms with Crippen LogP contribution in [-0.2, 0) is 4.79 Å². The standard InChI is InChI=1S/C13H20ClN3O/c1-4-17(5-2)12-7-6-11(9-15-12)16-13(18)10(3)8-14/h6-7,9-10H,4-5,8H2,1-3H3,(H,16,18). The topological polar surface area (TPSA) is 45.2 Å². The largest absolute Gasteiger partial charge is 0.357 e. The molecule has 0 aromatic carbocycles. The fourth-order valence-corrected chi connectivity index (χ4v) is 1.67. The Bertz CT molecular complexity index is 376. The van der Waals surface area contributed by atoms with Crippen LogP contribution in [0.2, 0.25) is 0 Å². The molecule has 0 radical (unpaired) electrons. The van der Waals surface area contributed by atoms with Crippen molar-refractivity contribution in [3.8, 4) is 0 Å². The summed E-state index contributed by atoms with van der Waals surface area (Å²) in [6.45, 7) is 7.79. The summed E-state index contributed by atoms with van der Waals surface area (Å²) in [5, 5.41) is 2.79. The monoisotopic (exact) mass is 269 g/mol. The Labute approximate surface area is 113 Å². The Kier molecular flexibility index (Phi) is 5.92. The summed E-state index contributed by atoms with van der Waals surface area (Å²) in [7, 11) is 0. The number of alkyl halides is 1. The van der Waals surface area contributed by atoms with Gasteiger partial charge in [0.1, 0.15) is 5.82 Å². The lowest BCUT2D eigenvalue weighted by atomic mass is 10.2. The summed E-state index contributed by atoms with van der Waals surface area (Å²) < 4.78 is 0. The van der Waals surface area contributed by atoms with E-state index in [1.165, 1.54) is 0 Å². The molecule has 1 aromatic heterocycles. The average molecular weight is 270 g/mol. The van der Waals surface area contributed by atoms with E-state index in [9.17, 15) is 4.79 Å². The van der Waals surface area contributed by atoms with Gasteiger partial charge in [0.25, 0.3) is 0 Å². The first-order chi connectivity index (χ1) is 8.62. The van der Waals surface area contributed by atoms with Crippen LogP contribution in [0.25, 0.3) is 0 Å². The number of anilines is 2. The average Bonchev–Trinajstić information content (AvgIpc) is 2.41. The second-order valence-corrected chi connectivity index (χ2v) is 4.43. The number of rotatable bonds is 6. The minimum absolute atomic E-state index is 0.0811. The van der Waals surface area contributed by atoms with Crippen molar-refractivity contribution in [3.05, 3.63) is 18.3 Å². The van der Waals surface area contributed by atoms with Crippen molar-refractivity contribution in [1.82, 2.24) is 4.98 Å². The summed E-state index contributed by atoms with van der Waals surface area (Å²) in [4.78, 5) is 18.1. The van der Waals surface area contributed by atoms with E-state index < -0.39 is 0 Å². The highest BCUT2D eigenvalue weighted by Crippen LogP contribution is 2.14. The lowest BCUT2D eigenvalue weighted by Gasteiger charge is -2.19. The van der Waals surface area contributed by atoms with Gasteiger partial charge >= 0.3 is 0 Å². The zero-order valence-corrected chi connectivity index (χ0v) is 11.9. The Morgan fingerprint density at radius 1 is 1.44 bits per heavy atom. The Morgan fingerprint density at radius 3 is 2.56 bits per heavy atom. The number of hydrogen-bond donors (Lipinski definition) is 1. The van der Waals surface area contributed by atoms with E-state index in [0.717, 1.165) is 18.9 Å². The number of halogens is 1. The number of carbonyl (C=O) groups excluding carboxylic acids is 1. The molecule has 18 heavy (non-hydrogen) atoms. The van der Waals surface area contributed by atoms with Gasteiger partial charge in [-0.3, -0.25) is 4.79 Å². The highest BCUT2D eigenvalue weighted by atomic mass is 35.5. The predicted molar refractivity (Wildman–Crippen MR) is 76.3 cm³/mol. The minimum Gasteiger partial charge on any atom is -0.357 e. The number of hydrogen-bond acceptors (Lipinski definition) is 3. The van der Waals surface area contributed by atoms with Gasteiger partial charge in [-0.2, -0.15) is 0 Å². The lowest BCUT2D eigenvalue weighted by molar-refractivity contribution is -0.118. The number of amides is 1. The number of aromatic nitrogens is 1. The maximum Gasteiger partial charge on any atom is 0.228 e. The first-order valence-electron chi connectivity index (χ1n) is 6.20. The molecule has 1 N–H and O–H groups in total. The van der Waals surface area contributed by atoms with Crippen LogP contribution >= 0.6 is 11.6 Å². The van der Waals surface area contributed by atoms with Crippen molar-refractivity contribution in [2.45, 2.75) is 20.8 Å². The van der Waals surface area contributed by atoms with Crippen LogP contribution in [0.4, 0.5) is 11.5 Å². The molecule has 1 heterocycles. The fourth-order valence-electron chi connectivity index (χ4n) is 1.53. The fraction of sp³-hybridized carbons (Fsp3) is 0.538. The van der Waals surface area contributed by atoms with Crippen LogP contribution in [0.1, 0.15) is 20.8 Å². The summed E-state index contributed by atoms with van der Waals surface area (Å²) in [5.41, 5.74) is 0.702. The Hall–Kier alpha value is -1.29. The Morgan fingerprint density at radius 2 is 2.11 bits per heavy atom. The van der Waals surface area contributed by atoms with Crippen LogP contribution in [-0.4, -0.2) is 29.9 Å². The quantitative estimate of drug-likeness (QED) is 0.808. The van der Waals surface area contributed by atoms with E-state index in [0.29, 0.717) is 11.6 Å². The molecule has 100 valence electrons. The highest BCUT2D eigenvalue weighted by Gasteiger charge is 2.11. The second-order valence-electron chi connectivity index (χ2n) is 4.12. The van der Waals surface area contributed by atoms with Crippen molar-refractivity contribution in [1.29, 1.82) is 0 Å². The van der Waals surface area contributed by atoms with Gasteiger partial charge in [0.05, 0.1) is 11.9 Å². The van der Waals surface area contributed by atoms with Crippen LogP contribution in [0.5, 0.6) is 0 Å². The molecule has 0 spiro atoms. The number of nitrogens with zero attached hydrogens (tertiary/aromatic N) is 2. The molecular weight excluding hydrogens is 250 g/mol. The second kappa shape index (κ2) is 7.21. The SMILES string of the molecule is CCN(CC)c1ccc(NC(=O)C(C)CCl)cn1. The maximum atomic E-state index is 11.6. The van der Waals surface area contributed by atoms with E-state index in [1.807, 2.05) is 12.1 Å². The number of nitrogens with one attached hydrogen (secondary N) is 1. The Balaban J connectivity index is 2.68. The molecule has 1 amide bonds. The van der Waals surface area contributed by atoms with Gasteiger partial charge in [-0.15, -0.1) is 11.6 Å². The number of pyridine rings is 1. The zero-order chi connectivity index (χ0) is 13.5. The van der Waals surface area contributed by atoms with Crippen LogP contribution < -0.4 is 10.2 Å². The highest BCUT2D eigenvalue weighted by molar-refractivity contribution is 6.19. The molecule has 1 rings (SSSR count). The third-order valence-electron chi connectivity index (χ3n) is 2.78. The molecule has 0 saturated carbocycles. The first kappa shape index (κ1) is 14.8. The van der Waals surface area contributed by atoms with Gasteiger partial charge in [-0.05, 0) is 26.0 Å². The lowest BCUT2D eigenvalue weighted by Crippen LogP contribution is -2.23. The van der Waals surface area contributed by atoms with Gasteiger partial charge in [-0.25, -0.2) is 4.98 Å². The molecule has 0 bridgehead atoms. The summed E-state index contributed by atoms with van der Waals surface area (Å²) >= 11 is 5.63. The first-order valence-corrected chi connectivity index (χ1v) is 6.73. The van der Waals surface area contributed by atoms with E-state index in [-0.39, 0.29) is 11.8 Å². The summed E-state index contributed by atoms with van der Waals surface area (Å²) in [6.07, 6.45) is 1.67. The summed E-state index contributed by atoms with van der Waals surface area (Å²) in [5.74, 6) is 0.955. The smallest absolute Gasteiger partial charge is 0.228 e. The molecule has 0 fully saturated rings. The van der Waals surface area contributed by atoms with E-state index in [1.54, 1.807) is 13.1 Å². The van der Waals surface area contributed by atoms with Gasteiger partial charge < -0.3 is 10.2 Å². The van der Waals surface area contributed by atoms with Crippen LogP contribution in [0, 0.1) is 5.92 Å². The molecule has 1 unspecified atom stereocenters. The van der Waals surface area contributed by atoms with Gasteiger partial charge in [0.2, 0.25) is 5.91 Å². The van der Waals surface area contributed by atoms with Crippen LogP contribution in [0.3, 0.4) is 0 Å². The summed E-state index contributed by atoms with van der Waals surface area (Å²) in [6, 6.07) is 3.77. The third-order valence-corrected chi connectivity index (χ3v) is 3.24. The molecule has 1 atom stereocenters. The van der Waals surface area contributed by atoms with Crippen molar-refractivity contribution in [2.24, 2.45) is 5.92 Å². The normalized spacial score (nSPS) is 12.0. The molecule has 4 nitrogen and oxygen atoms in total. The van der Waals surface area contributed by atoms with Gasteiger partial charge in [-0.1, -0.05) is 6.92 Å². The zero-order valence-electron chi connectivity index (χ0n) is 11.1. The van der Waals surface area contributed by atoms with Crippen LogP contribution in [0.15, 0.2) is 18.3 Å². The maximum absolute atomic E-state index is 11.6. The van der Waals surface area contributed by atoms with Crippen molar-refractivity contribution >= 4 is 29.0 Å². The molecule has 0 saturated heterocycles. The molecule has 1 aromatic rings. The molecule has 0 aliphatic heterocycles. The van der Waals surface area contributed by atoms with Crippen molar-refractivity contribution < 1.29 is 4.79 Å². The molecule has 0 aliphatic rings. The molecular formula is C13H20ClN3O. The van der Waals surface area contributed by atoms with Crippen molar-refractivity contribution in [3.63, 3.8) is 0 Å². The number of carbonyl (C=O) groups is 1. The van der Waals surface area contributed by atoms with E-state index in [2.05, 4.69) is 29.0 Å². The minimum atomic E-state index is -0.200. The predicted octanol–water partition coefficient (Wildman–Crippen LogP) is 2.74. The molecule has 0 aliphatic carbocycles. The molecule has 5 heteroatoms. The van der Waals surface area contributed by atoms with E-state index >= 15 is 0 Å². The van der Waals surface area contributed by atoms with Gasteiger partial charge in [0, 0.05) is 24.9 Å². The van der Waals surface area contributed by atoms with Gasteiger partial charge in [0.15, 0.2) is 0 Å².